The molecule has 6 nitrogen and oxygen atoms in total. The van der Waals surface area contributed by atoms with Crippen LogP contribution in [0.15, 0.2) is 47.6 Å². The summed E-state index contributed by atoms with van der Waals surface area (Å²) in [5, 5.41) is 11.1. The van der Waals surface area contributed by atoms with Gasteiger partial charge in [-0.05, 0) is 48.7 Å². The molecule has 3 aromatic rings. The second-order valence-electron chi connectivity index (χ2n) is 6.26. The summed E-state index contributed by atoms with van der Waals surface area (Å²) >= 11 is 7.28. The van der Waals surface area contributed by atoms with Gasteiger partial charge in [0.25, 0.3) is 0 Å². The molecule has 0 aliphatic rings. The van der Waals surface area contributed by atoms with Crippen LogP contribution in [-0.2, 0) is 17.9 Å². The third-order valence-electron chi connectivity index (χ3n) is 4.09. The lowest BCUT2D eigenvalue weighted by atomic mass is 10.1. The summed E-state index contributed by atoms with van der Waals surface area (Å²) in [6.07, 6.45) is 0. The van der Waals surface area contributed by atoms with Gasteiger partial charge in [-0.1, -0.05) is 47.6 Å². The number of aromatic amines is 1. The van der Waals surface area contributed by atoms with Gasteiger partial charge in [0, 0.05) is 11.6 Å². The third kappa shape index (κ3) is 5.74. The average Bonchev–Trinajstić information content (AvgIpc) is 3.14. The summed E-state index contributed by atoms with van der Waals surface area (Å²) in [6.45, 7) is 4.72. The first-order valence-electron chi connectivity index (χ1n) is 8.75. The zero-order valence-electron chi connectivity index (χ0n) is 15.7. The quantitative estimate of drug-likeness (QED) is 0.541. The number of aromatic nitrogens is 3. The molecule has 2 aromatic carbocycles. The van der Waals surface area contributed by atoms with Crippen LogP contribution in [0, 0.1) is 13.8 Å². The van der Waals surface area contributed by atoms with Crippen LogP contribution in [0.4, 0.5) is 0 Å². The van der Waals surface area contributed by atoms with Gasteiger partial charge in [0.05, 0.1) is 5.75 Å². The molecular weight excluding hydrogens is 396 g/mol. The number of hydrogen-bond acceptors (Lipinski definition) is 5. The highest BCUT2D eigenvalue weighted by Crippen LogP contribution is 2.21. The zero-order valence-corrected chi connectivity index (χ0v) is 17.2. The van der Waals surface area contributed by atoms with Crippen LogP contribution in [0.1, 0.15) is 22.5 Å². The number of halogens is 1. The Hall–Kier alpha value is -2.51. The lowest BCUT2D eigenvalue weighted by Crippen LogP contribution is -2.24. The van der Waals surface area contributed by atoms with Crippen LogP contribution in [-0.4, -0.2) is 26.8 Å². The van der Waals surface area contributed by atoms with Crippen LogP contribution in [0.3, 0.4) is 0 Å². The first-order valence-corrected chi connectivity index (χ1v) is 10.1. The van der Waals surface area contributed by atoms with E-state index in [0.29, 0.717) is 28.3 Å². The number of benzene rings is 2. The molecule has 0 atom stereocenters. The summed E-state index contributed by atoms with van der Waals surface area (Å²) in [6, 6.07) is 13.4. The van der Waals surface area contributed by atoms with E-state index in [1.807, 2.05) is 44.2 Å². The highest BCUT2D eigenvalue weighted by Gasteiger charge is 2.09. The maximum absolute atomic E-state index is 12.0. The molecule has 0 aliphatic carbocycles. The van der Waals surface area contributed by atoms with Crippen molar-refractivity contribution < 1.29 is 9.53 Å². The topological polar surface area (TPSA) is 79.9 Å². The van der Waals surface area contributed by atoms with E-state index in [2.05, 4.69) is 20.5 Å². The number of H-pyrrole nitrogens is 1. The fourth-order valence-electron chi connectivity index (χ4n) is 2.45. The SMILES string of the molecule is Cc1cc(OCc2nc(SCC(=O)NCc3ccccc3C)n[nH]2)ccc1Cl. The van der Waals surface area contributed by atoms with Crippen LogP contribution < -0.4 is 10.1 Å². The number of aryl methyl sites for hydroxylation is 2. The Balaban J connectivity index is 1.43. The average molecular weight is 417 g/mol. The number of amides is 1. The Labute approximate surface area is 173 Å². The zero-order chi connectivity index (χ0) is 19.9. The van der Waals surface area contributed by atoms with Crippen molar-refractivity contribution in [3.8, 4) is 5.75 Å². The number of nitrogens with one attached hydrogen (secondary N) is 2. The van der Waals surface area contributed by atoms with Crippen molar-refractivity contribution in [2.75, 3.05) is 5.75 Å². The highest BCUT2D eigenvalue weighted by atomic mass is 35.5. The number of carbonyl (C=O) groups excluding carboxylic acids is 1. The largest absolute Gasteiger partial charge is 0.486 e. The van der Waals surface area contributed by atoms with Crippen LogP contribution in [0.5, 0.6) is 5.75 Å². The monoisotopic (exact) mass is 416 g/mol. The summed E-state index contributed by atoms with van der Waals surface area (Å²) in [7, 11) is 0. The Morgan fingerprint density at radius 2 is 2.04 bits per heavy atom. The molecule has 146 valence electrons. The maximum atomic E-state index is 12.0. The first-order chi connectivity index (χ1) is 13.5. The predicted molar refractivity (Wildman–Crippen MR) is 111 cm³/mol. The molecule has 8 heteroatoms. The van der Waals surface area contributed by atoms with Gasteiger partial charge in [-0.15, -0.1) is 5.10 Å². The van der Waals surface area contributed by atoms with E-state index in [0.717, 1.165) is 16.7 Å². The lowest BCUT2D eigenvalue weighted by Gasteiger charge is -2.07. The minimum Gasteiger partial charge on any atom is -0.486 e. The molecule has 28 heavy (non-hydrogen) atoms. The minimum atomic E-state index is -0.0625. The Morgan fingerprint density at radius 3 is 2.82 bits per heavy atom. The van der Waals surface area contributed by atoms with Crippen LogP contribution in [0.2, 0.25) is 5.02 Å². The van der Waals surface area contributed by atoms with Crippen molar-refractivity contribution >= 4 is 29.3 Å². The van der Waals surface area contributed by atoms with Gasteiger partial charge in [0.2, 0.25) is 11.1 Å². The van der Waals surface area contributed by atoms with E-state index < -0.39 is 0 Å². The Kier molecular flexibility index (Phi) is 6.95. The Bertz CT molecular complexity index is 961. The molecule has 2 N–H and O–H groups in total. The lowest BCUT2D eigenvalue weighted by molar-refractivity contribution is -0.118. The number of thioether (sulfide) groups is 1. The molecule has 0 saturated carbocycles. The van der Waals surface area contributed by atoms with Gasteiger partial charge in [0.15, 0.2) is 5.82 Å². The standard InChI is InChI=1S/C20H21ClN4O2S/c1-13-5-3-4-6-15(13)10-22-19(26)12-28-20-23-18(24-25-20)11-27-16-7-8-17(21)14(2)9-16/h3-9H,10-12H2,1-2H3,(H,22,26)(H,23,24,25). The van der Waals surface area contributed by atoms with Gasteiger partial charge in [-0.2, -0.15) is 0 Å². The minimum absolute atomic E-state index is 0.0625. The van der Waals surface area contributed by atoms with E-state index in [4.69, 9.17) is 16.3 Å². The van der Waals surface area contributed by atoms with Crippen LogP contribution in [0.25, 0.3) is 0 Å². The van der Waals surface area contributed by atoms with Crippen molar-refractivity contribution in [3.05, 3.63) is 70.0 Å². The molecular formula is C20H21ClN4O2S. The van der Waals surface area contributed by atoms with E-state index in [1.54, 1.807) is 12.1 Å². The molecule has 0 spiro atoms. The number of nitrogens with zero attached hydrogens (tertiary/aromatic N) is 2. The van der Waals surface area contributed by atoms with Crippen LogP contribution >= 0.6 is 23.4 Å². The van der Waals surface area contributed by atoms with E-state index in [1.165, 1.54) is 11.8 Å². The molecule has 0 unspecified atom stereocenters. The number of hydrogen-bond donors (Lipinski definition) is 2. The molecule has 1 aromatic heterocycles. The second-order valence-corrected chi connectivity index (χ2v) is 7.61. The third-order valence-corrected chi connectivity index (χ3v) is 5.36. The fourth-order valence-corrected chi connectivity index (χ4v) is 3.21. The summed E-state index contributed by atoms with van der Waals surface area (Å²) in [5.41, 5.74) is 3.21. The maximum Gasteiger partial charge on any atom is 0.230 e. The molecule has 0 radical (unpaired) electrons. The summed E-state index contributed by atoms with van der Waals surface area (Å²) < 4.78 is 5.68. The number of ether oxygens (including phenoxy) is 1. The molecule has 3 rings (SSSR count). The van der Waals surface area contributed by atoms with Crippen molar-refractivity contribution in [3.63, 3.8) is 0 Å². The smallest absolute Gasteiger partial charge is 0.230 e. The molecule has 1 amide bonds. The normalized spacial score (nSPS) is 10.7. The van der Waals surface area contributed by atoms with Gasteiger partial charge < -0.3 is 10.1 Å². The van der Waals surface area contributed by atoms with Gasteiger partial charge in [0.1, 0.15) is 12.4 Å². The summed E-state index contributed by atoms with van der Waals surface area (Å²) in [4.78, 5) is 16.4. The number of rotatable bonds is 8. The van der Waals surface area contributed by atoms with Crippen molar-refractivity contribution in [2.24, 2.45) is 0 Å². The van der Waals surface area contributed by atoms with Crippen molar-refractivity contribution in [1.29, 1.82) is 0 Å². The van der Waals surface area contributed by atoms with Gasteiger partial charge >= 0.3 is 0 Å². The Morgan fingerprint density at radius 1 is 1.21 bits per heavy atom. The fraction of sp³-hybridized carbons (Fsp3) is 0.250. The van der Waals surface area contributed by atoms with Gasteiger partial charge in [-0.25, -0.2) is 4.98 Å². The second kappa shape index (κ2) is 9.61. The van der Waals surface area contributed by atoms with E-state index in [-0.39, 0.29) is 18.3 Å². The molecule has 1 heterocycles. The van der Waals surface area contributed by atoms with E-state index in [9.17, 15) is 4.79 Å². The number of carbonyl (C=O) groups is 1. The van der Waals surface area contributed by atoms with Crippen molar-refractivity contribution in [2.45, 2.75) is 32.2 Å². The van der Waals surface area contributed by atoms with Crippen molar-refractivity contribution in [1.82, 2.24) is 20.5 Å². The van der Waals surface area contributed by atoms with Gasteiger partial charge in [-0.3, -0.25) is 9.89 Å². The first kappa shape index (κ1) is 20.2. The molecule has 0 saturated heterocycles. The molecule has 0 fully saturated rings. The summed E-state index contributed by atoms with van der Waals surface area (Å²) in [5.74, 6) is 1.49. The van der Waals surface area contributed by atoms with E-state index >= 15 is 0 Å². The predicted octanol–water partition coefficient (Wildman–Crippen LogP) is 4.06. The molecule has 0 aliphatic heterocycles. The highest BCUT2D eigenvalue weighted by molar-refractivity contribution is 7.99. The molecule has 0 bridgehead atoms.